The second-order valence-corrected chi connectivity index (χ2v) is 6.29. The molecule has 1 aromatic carbocycles. The summed E-state index contributed by atoms with van der Waals surface area (Å²) in [4.78, 5) is 6.56. The van der Waals surface area contributed by atoms with E-state index in [0.29, 0.717) is 19.8 Å². The number of likely N-dealkylation sites (N-methyl/N-ethyl adjacent to an activating group) is 1. The number of aliphatic imine (C=N–C) groups is 1. The summed E-state index contributed by atoms with van der Waals surface area (Å²) in [6.45, 7) is 11.2. The maximum Gasteiger partial charge on any atom is 0.191 e. The molecule has 0 bridgehead atoms. The average molecular weight is 508 g/mol. The van der Waals surface area contributed by atoms with Crippen LogP contribution < -0.4 is 20.1 Å². The summed E-state index contributed by atoms with van der Waals surface area (Å²) in [6, 6.07) is 6.17. The van der Waals surface area contributed by atoms with Gasteiger partial charge in [-0.25, -0.2) is 0 Å². The highest BCUT2D eigenvalue weighted by atomic mass is 127. The molecule has 0 aliphatic carbocycles. The van der Waals surface area contributed by atoms with E-state index in [1.165, 1.54) is 0 Å². The fourth-order valence-corrected chi connectivity index (χ4v) is 2.67. The zero-order valence-corrected chi connectivity index (χ0v) is 20.4. The standard InChI is InChI=1S/C20H36N4O3.HI/c1-7-24(8-2)11-12-27-18-10-9-17(13-19(18)26-6)14-22-20(21-4)23-16(3)15-25-5;/h9-10,13,16H,7-8,11-12,14-15H2,1-6H3,(H2,21,22,23);1H. The molecule has 7 nitrogen and oxygen atoms in total. The first-order valence-corrected chi connectivity index (χ1v) is 9.56. The lowest BCUT2D eigenvalue weighted by molar-refractivity contribution is 0.179. The summed E-state index contributed by atoms with van der Waals surface area (Å²) in [5.74, 6) is 2.24. The summed E-state index contributed by atoms with van der Waals surface area (Å²) >= 11 is 0. The smallest absolute Gasteiger partial charge is 0.191 e. The number of rotatable bonds is 12. The third kappa shape index (κ3) is 9.79. The second kappa shape index (κ2) is 15.6. The summed E-state index contributed by atoms with van der Waals surface area (Å²) < 4.78 is 16.5. The monoisotopic (exact) mass is 508 g/mol. The van der Waals surface area contributed by atoms with Crippen LogP contribution in [-0.4, -0.2) is 71.0 Å². The van der Waals surface area contributed by atoms with Gasteiger partial charge >= 0.3 is 0 Å². The van der Waals surface area contributed by atoms with Gasteiger partial charge in [-0.05, 0) is 37.7 Å². The van der Waals surface area contributed by atoms with Crippen molar-refractivity contribution >= 4 is 29.9 Å². The molecule has 1 unspecified atom stereocenters. The Morgan fingerprint density at radius 1 is 1.18 bits per heavy atom. The molecule has 8 heteroatoms. The van der Waals surface area contributed by atoms with E-state index in [1.807, 2.05) is 25.1 Å². The Balaban J connectivity index is 0.00000729. The molecular weight excluding hydrogens is 471 g/mol. The molecule has 0 radical (unpaired) electrons. The van der Waals surface area contributed by atoms with Gasteiger partial charge in [0.2, 0.25) is 0 Å². The van der Waals surface area contributed by atoms with Gasteiger partial charge in [-0.3, -0.25) is 4.99 Å². The van der Waals surface area contributed by atoms with Gasteiger partial charge in [-0.1, -0.05) is 19.9 Å². The minimum Gasteiger partial charge on any atom is -0.493 e. The maximum atomic E-state index is 5.91. The van der Waals surface area contributed by atoms with Crippen LogP contribution >= 0.6 is 24.0 Å². The minimum atomic E-state index is 0. The molecule has 162 valence electrons. The number of nitrogens with one attached hydrogen (secondary N) is 2. The Kier molecular flexibility index (Phi) is 14.9. The molecule has 2 N–H and O–H groups in total. The van der Waals surface area contributed by atoms with Crippen molar-refractivity contribution < 1.29 is 14.2 Å². The Morgan fingerprint density at radius 2 is 1.89 bits per heavy atom. The number of hydrogen-bond acceptors (Lipinski definition) is 5. The molecule has 1 aromatic rings. The maximum absolute atomic E-state index is 5.91. The van der Waals surface area contributed by atoms with E-state index in [0.717, 1.165) is 42.7 Å². The van der Waals surface area contributed by atoms with Crippen molar-refractivity contribution in [3.8, 4) is 11.5 Å². The van der Waals surface area contributed by atoms with E-state index in [2.05, 4.69) is 34.4 Å². The number of nitrogens with zero attached hydrogens (tertiary/aromatic N) is 2. The Bertz CT molecular complexity index is 568. The van der Waals surface area contributed by atoms with Gasteiger partial charge in [0.05, 0.1) is 13.7 Å². The molecule has 0 spiro atoms. The molecule has 0 amide bonds. The van der Waals surface area contributed by atoms with Crippen molar-refractivity contribution in [1.82, 2.24) is 15.5 Å². The third-order valence-corrected chi connectivity index (χ3v) is 4.27. The van der Waals surface area contributed by atoms with Crippen LogP contribution in [0.25, 0.3) is 0 Å². The van der Waals surface area contributed by atoms with E-state index >= 15 is 0 Å². The number of guanidine groups is 1. The molecule has 0 aromatic heterocycles. The number of benzene rings is 1. The van der Waals surface area contributed by atoms with Crippen LogP contribution in [-0.2, 0) is 11.3 Å². The minimum absolute atomic E-state index is 0. The molecular formula is C20H37IN4O3. The number of ether oxygens (including phenoxy) is 3. The van der Waals surface area contributed by atoms with Gasteiger partial charge in [0.15, 0.2) is 17.5 Å². The molecule has 0 aliphatic rings. The van der Waals surface area contributed by atoms with E-state index in [1.54, 1.807) is 21.3 Å². The molecule has 0 aliphatic heterocycles. The molecule has 1 atom stereocenters. The lowest BCUT2D eigenvalue weighted by Gasteiger charge is -2.19. The first-order valence-electron chi connectivity index (χ1n) is 9.56. The van der Waals surface area contributed by atoms with Crippen LogP contribution in [0.4, 0.5) is 0 Å². The second-order valence-electron chi connectivity index (χ2n) is 6.29. The first-order chi connectivity index (χ1) is 13.1. The number of hydrogen-bond donors (Lipinski definition) is 2. The molecule has 28 heavy (non-hydrogen) atoms. The van der Waals surface area contributed by atoms with Crippen molar-refractivity contribution in [2.45, 2.75) is 33.4 Å². The average Bonchev–Trinajstić information content (AvgIpc) is 2.69. The van der Waals surface area contributed by atoms with E-state index in [9.17, 15) is 0 Å². The molecule has 0 saturated heterocycles. The van der Waals surface area contributed by atoms with E-state index in [-0.39, 0.29) is 30.0 Å². The van der Waals surface area contributed by atoms with Crippen LogP contribution in [0.15, 0.2) is 23.2 Å². The van der Waals surface area contributed by atoms with Crippen molar-refractivity contribution in [3.05, 3.63) is 23.8 Å². The topological polar surface area (TPSA) is 67.4 Å². The predicted molar refractivity (Wildman–Crippen MR) is 126 cm³/mol. The van der Waals surface area contributed by atoms with Crippen molar-refractivity contribution in [2.24, 2.45) is 4.99 Å². The first kappa shape index (κ1) is 26.7. The van der Waals surface area contributed by atoms with Crippen molar-refractivity contribution in [3.63, 3.8) is 0 Å². The summed E-state index contributed by atoms with van der Waals surface area (Å²) in [5.41, 5.74) is 1.09. The van der Waals surface area contributed by atoms with E-state index < -0.39 is 0 Å². The highest BCUT2D eigenvalue weighted by molar-refractivity contribution is 14.0. The normalized spacial score (nSPS) is 12.3. The van der Waals surface area contributed by atoms with Gasteiger partial charge in [0.25, 0.3) is 0 Å². The van der Waals surface area contributed by atoms with Crippen LogP contribution in [0, 0.1) is 0 Å². The highest BCUT2D eigenvalue weighted by Crippen LogP contribution is 2.28. The fraction of sp³-hybridized carbons (Fsp3) is 0.650. The predicted octanol–water partition coefficient (Wildman–Crippen LogP) is 2.73. The lowest BCUT2D eigenvalue weighted by Crippen LogP contribution is -2.43. The van der Waals surface area contributed by atoms with Crippen LogP contribution in [0.2, 0.25) is 0 Å². The van der Waals surface area contributed by atoms with Gasteiger partial charge in [0, 0.05) is 33.3 Å². The summed E-state index contributed by atoms with van der Waals surface area (Å²) in [7, 11) is 5.10. The lowest BCUT2D eigenvalue weighted by atomic mass is 10.2. The molecule has 1 rings (SSSR count). The zero-order valence-electron chi connectivity index (χ0n) is 18.1. The molecule has 0 heterocycles. The highest BCUT2D eigenvalue weighted by Gasteiger charge is 2.09. The van der Waals surface area contributed by atoms with Gasteiger partial charge in [0.1, 0.15) is 6.61 Å². The van der Waals surface area contributed by atoms with Crippen molar-refractivity contribution in [1.29, 1.82) is 0 Å². The van der Waals surface area contributed by atoms with Crippen LogP contribution in [0.3, 0.4) is 0 Å². The van der Waals surface area contributed by atoms with Gasteiger partial charge in [-0.15, -0.1) is 24.0 Å². The largest absolute Gasteiger partial charge is 0.493 e. The SMILES string of the molecule is CCN(CC)CCOc1ccc(CNC(=NC)NC(C)COC)cc1OC.I. The number of methoxy groups -OCH3 is 2. The van der Waals surface area contributed by atoms with Crippen molar-refractivity contribution in [2.75, 3.05) is 54.1 Å². The van der Waals surface area contributed by atoms with Gasteiger partial charge < -0.3 is 29.7 Å². The Hall–Kier alpha value is -1.26. The Morgan fingerprint density at radius 3 is 2.46 bits per heavy atom. The van der Waals surface area contributed by atoms with E-state index in [4.69, 9.17) is 14.2 Å². The van der Waals surface area contributed by atoms with Gasteiger partial charge in [-0.2, -0.15) is 0 Å². The zero-order chi connectivity index (χ0) is 20.1. The Labute approximate surface area is 187 Å². The number of halogens is 1. The summed E-state index contributed by atoms with van der Waals surface area (Å²) in [6.07, 6.45) is 0. The fourth-order valence-electron chi connectivity index (χ4n) is 2.67. The molecule has 0 fully saturated rings. The third-order valence-electron chi connectivity index (χ3n) is 4.27. The quantitative estimate of drug-likeness (QED) is 0.257. The molecule has 0 saturated carbocycles. The van der Waals surface area contributed by atoms with Crippen LogP contribution in [0.5, 0.6) is 11.5 Å². The summed E-state index contributed by atoms with van der Waals surface area (Å²) in [5, 5.41) is 6.58. The van der Waals surface area contributed by atoms with Crippen LogP contribution in [0.1, 0.15) is 26.3 Å².